The van der Waals surface area contributed by atoms with Crippen LogP contribution < -0.4 is 15.4 Å². The molecule has 2 bridgehead atoms. The second-order valence-electron chi connectivity index (χ2n) is 10.6. The minimum atomic E-state index is -0.790. The van der Waals surface area contributed by atoms with Crippen molar-refractivity contribution in [3.8, 4) is 5.75 Å². The highest BCUT2D eigenvalue weighted by atomic mass is 17.3. The summed E-state index contributed by atoms with van der Waals surface area (Å²) in [5.41, 5.74) is 0.0465. The van der Waals surface area contributed by atoms with E-state index in [0.717, 1.165) is 25.7 Å². The molecule has 2 N–H and O–H groups in total. The average molecular weight is 491 g/mol. The maximum absolute atomic E-state index is 12.3. The second kappa shape index (κ2) is 9.86. The number of hydrogen-bond acceptors (Lipinski definition) is 7. The van der Waals surface area contributed by atoms with Crippen molar-refractivity contribution >= 4 is 11.7 Å². The van der Waals surface area contributed by atoms with Crippen molar-refractivity contribution in [1.29, 1.82) is 0 Å². The summed E-state index contributed by atoms with van der Waals surface area (Å²) < 4.78 is 24.2. The number of methoxy groups -OCH3 is 1. The fourth-order valence-corrected chi connectivity index (χ4v) is 6.45. The van der Waals surface area contributed by atoms with Gasteiger partial charge in [0.25, 0.3) is 0 Å². The average Bonchev–Trinajstić information content (AvgIpc) is 3.08. The van der Waals surface area contributed by atoms with Crippen molar-refractivity contribution < 1.29 is 33.5 Å². The van der Waals surface area contributed by atoms with Crippen LogP contribution in [0.2, 0.25) is 0 Å². The number of fused-ring (bicyclic) bond motifs is 2. The molecule has 1 aromatic carbocycles. The van der Waals surface area contributed by atoms with Gasteiger partial charge in [0.15, 0.2) is 18.2 Å². The summed E-state index contributed by atoms with van der Waals surface area (Å²) in [4.78, 5) is 24.3. The molecule has 1 aliphatic carbocycles. The number of ether oxygens (including phenoxy) is 4. The van der Waals surface area contributed by atoms with Gasteiger partial charge in [0, 0.05) is 24.8 Å². The molecule has 8 atom stereocenters. The minimum Gasteiger partial charge on any atom is -0.495 e. The van der Waals surface area contributed by atoms with Gasteiger partial charge in [-0.15, -0.1) is 0 Å². The van der Waals surface area contributed by atoms with E-state index in [1.54, 1.807) is 19.2 Å². The maximum Gasteiger partial charge on any atom is 0.319 e. The van der Waals surface area contributed by atoms with E-state index in [-0.39, 0.29) is 17.9 Å². The first-order valence-electron chi connectivity index (χ1n) is 12.9. The molecule has 2 amide bonds. The van der Waals surface area contributed by atoms with Crippen LogP contribution >= 0.6 is 0 Å². The van der Waals surface area contributed by atoms with E-state index in [1.165, 1.54) is 0 Å². The fourth-order valence-electron chi connectivity index (χ4n) is 6.45. The summed E-state index contributed by atoms with van der Waals surface area (Å²) in [6.07, 6.45) is 3.75. The smallest absolute Gasteiger partial charge is 0.319 e. The van der Waals surface area contributed by atoms with Gasteiger partial charge in [-0.25, -0.2) is 14.6 Å². The molecule has 0 unspecified atom stereocenters. The highest BCUT2D eigenvalue weighted by Gasteiger charge is 2.69. The number of amides is 2. The quantitative estimate of drug-likeness (QED) is 0.431. The van der Waals surface area contributed by atoms with Crippen LogP contribution in [0.4, 0.5) is 10.5 Å². The standard InChI is InChI=1S/C26H38N2O7/c1-16-10-11-19-17(2)22(32-23-26(19)18(16)12-13-25(3,33-23)34-35-26)31-15-7-14-27-24(29)28-20-8-5-6-9-21(20)30-4/h5-6,8-9,16-19,22-23H,7,10-15H2,1-4H3,(H2,27,28,29)/t16-,17-,18+,19+,22+,23-,25+,26-/m1/s1. The Morgan fingerprint density at radius 2 is 1.97 bits per heavy atom. The summed E-state index contributed by atoms with van der Waals surface area (Å²) in [5, 5.41) is 5.67. The van der Waals surface area contributed by atoms with Crippen LogP contribution in [-0.4, -0.2) is 50.3 Å². The lowest BCUT2D eigenvalue weighted by atomic mass is 9.58. The van der Waals surface area contributed by atoms with Crippen LogP contribution in [-0.2, 0) is 24.0 Å². The van der Waals surface area contributed by atoms with Gasteiger partial charge in [-0.3, -0.25) is 0 Å². The molecule has 1 saturated carbocycles. The van der Waals surface area contributed by atoms with Gasteiger partial charge in [0.2, 0.25) is 5.79 Å². The van der Waals surface area contributed by atoms with Gasteiger partial charge in [0.05, 0.1) is 19.4 Å². The van der Waals surface area contributed by atoms with Gasteiger partial charge >= 0.3 is 6.03 Å². The first kappa shape index (κ1) is 24.8. The van der Waals surface area contributed by atoms with Crippen LogP contribution in [0.3, 0.4) is 0 Å². The van der Waals surface area contributed by atoms with E-state index in [4.69, 9.17) is 28.7 Å². The van der Waals surface area contributed by atoms with Crippen LogP contribution in [0, 0.1) is 23.7 Å². The molecule has 194 valence electrons. The van der Waals surface area contributed by atoms with E-state index in [1.807, 2.05) is 19.1 Å². The Labute approximate surface area is 207 Å². The Morgan fingerprint density at radius 3 is 2.80 bits per heavy atom. The third-order valence-corrected chi connectivity index (χ3v) is 8.34. The highest BCUT2D eigenvalue weighted by molar-refractivity contribution is 5.90. The molecule has 35 heavy (non-hydrogen) atoms. The fraction of sp³-hybridized carbons (Fsp3) is 0.731. The van der Waals surface area contributed by atoms with Crippen molar-refractivity contribution in [2.75, 3.05) is 25.6 Å². The first-order chi connectivity index (χ1) is 16.9. The highest BCUT2D eigenvalue weighted by Crippen LogP contribution is 2.60. The van der Waals surface area contributed by atoms with Gasteiger partial charge in [0.1, 0.15) is 5.75 Å². The Bertz CT molecular complexity index is 915. The molecule has 4 aliphatic heterocycles. The van der Waals surface area contributed by atoms with Gasteiger partial charge in [-0.05, 0) is 56.6 Å². The van der Waals surface area contributed by atoms with E-state index < -0.39 is 24.0 Å². The van der Waals surface area contributed by atoms with Crippen molar-refractivity contribution in [2.24, 2.45) is 23.7 Å². The largest absolute Gasteiger partial charge is 0.495 e. The number of anilines is 1. The number of hydrogen-bond donors (Lipinski definition) is 2. The van der Waals surface area contributed by atoms with Crippen molar-refractivity contribution in [2.45, 2.75) is 76.8 Å². The Hall–Kier alpha value is -1.91. The monoisotopic (exact) mass is 490 g/mol. The minimum absolute atomic E-state index is 0.137. The molecule has 1 spiro atoms. The predicted octanol–water partition coefficient (Wildman–Crippen LogP) is 4.43. The number of nitrogens with one attached hydrogen (secondary N) is 2. The van der Waals surface area contributed by atoms with Crippen LogP contribution in [0.15, 0.2) is 24.3 Å². The van der Waals surface area contributed by atoms with Gasteiger partial charge in [-0.1, -0.05) is 26.0 Å². The molecule has 5 aliphatic rings. The summed E-state index contributed by atoms with van der Waals surface area (Å²) in [7, 11) is 1.57. The molecular weight excluding hydrogens is 452 g/mol. The summed E-state index contributed by atoms with van der Waals surface area (Å²) in [6.45, 7) is 7.35. The number of urea groups is 1. The van der Waals surface area contributed by atoms with Crippen molar-refractivity contribution in [1.82, 2.24) is 5.32 Å². The molecule has 0 radical (unpaired) electrons. The molecule has 9 heteroatoms. The molecule has 0 aromatic heterocycles. The van der Waals surface area contributed by atoms with Crippen molar-refractivity contribution in [3.05, 3.63) is 24.3 Å². The Morgan fingerprint density at radius 1 is 1.14 bits per heavy atom. The Balaban J connectivity index is 1.14. The zero-order valence-electron chi connectivity index (χ0n) is 21.1. The second-order valence-corrected chi connectivity index (χ2v) is 10.6. The molecule has 4 heterocycles. The number of rotatable bonds is 7. The lowest BCUT2D eigenvalue weighted by Gasteiger charge is -2.60. The van der Waals surface area contributed by atoms with Gasteiger partial charge in [-0.2, -0.15) is 0 Å². The molecular formula is C26H38N2O7. The van der Waals surface area contributed by atoms with E-state index in [2.05, 4.69) is 24.5 Å². The summed E-state index contributed by atoms with van der Waals surface area (Å²) >= 11 is 0. The number of carbonyl (C=O) groups is 1. The Kier molecular flexibility index (Phi) is 6.98. The van der Waals surface area contributed by atoms with Crippen LogP contribution in [0.5, 0.6) is 5.75 Å². The zero-order valence-corrected chi connectivity index (χ0v) is 21.1. The van der Waals surface area contributed by atoms with Gasteiger partial charge < -0.3 is 29.6 Å². The lowest BCUT2D eigenvalue weighted by molar-refractivity contribution is -0.577. The normalized spacial score (nSPS) is 39.9. The molecule has 5 fully saturated rings. The maximum atomic E-state index is 12.3. The molecule has 1 aromatic rings. The summed E-state index contributed by atoms with van der Waals surface area (Å²) in [6, 6.07) is 7.01. The topological polar surface area (TPSA) is 96.5 Å². The SMILES string of the molecule is COc1ccccc1NC(=O)NCCCO[C@H]1O[C@@H]2O[C@]3(C)CC[C@H]4[C@H](C)CC[C@@H]([C@H]1C)[C@@]24OO3. The van der Waals surface area contributed by atoms with E-state index in [9.17, 15) is 4.79 Å². The number of benzene rings is 1. The number of carbonyl (C=O) groups excluding carboxylic acids is 1. The zero-order chi connectivity index (χ0) is 24.6. The predicted molar refractivity (Wildman–Crippen MR) is 127 cm³/mol. The third-order valence-electron chi connectivity index (χ3n) is 8.34. The molecule has 6 rings (SSSR count). The first-order valence-corrected chi connectivity index (χ1v) is 12.9. The molecule has 4 saturated heterocycles. The third kappa shape index (κ3) is 4.53. The number of para-hydroxylation sites is 2. The van der Waals surface area contributed by atoms with E-state index in [0.29, 0.717) is 42.8 Å². The van der Waals surface area contributed by atoms with Crippen molar-refractivity contribution in [3.63, 3.8) is 0 Å². The molecule has 9 nitrogen and oxygen atoms in total. The summed E-state index contributed by atoms with van der Waals surface area (Å²) in [5.74, 6) is 1.07. The lowest BCUT2D eigenvalue weighted by Crippen LogP contribution is -2.70. The van der Waals surface area contributed by atoms with E-state index >= 15 is 0 Å². The van der Waals surface area contributed by atoms with Crippen LogP contribution in [0.1, 0.15) is 52.9 Å². The van der Waals surface area contributed by atoms with Crippen LogP contribution in [0.25, 0.3) is 0 Å².